The van der Waals surface area contributed by atoms with E-state index in [1.54, 1.807) is 0 Å². The smallest absolute Gasteiger partial charge is 0.111 e. The van der Waals surface area contributed by atoms with E-state index >= 15 is 0 Å². The first-order valence-corrected chi connectivity index (χ1v) is 4.47. The number of rotatable bonds is 2. The number of H-pyrrole nitrogens is 1. The molecule has 1 aromatic rings. The van der Waals surface area contributed by atoms with Crippen LogP contribution < -0.4 is 5.32 Å². The summed E-state index contributed by atoms with van der Waals surface area (Å²) in [6.45, 7) is 1.46. The molecule has 0 spiro atoms. The van der Waals surface area contributed by atoms with Crippen LogP contribution in [0.4, 0.5) is 5.82 Å². The van der Waals surface area contributed by atoms with Crippen LogP contribution in [0.2, 0.25) is 0 Å². The van der Waals surface area contributed by atoms with Crippen LogP contribution >= 0.6 is 12.2 Å². The van der Waals surface area contributed by atoms with Crippen molar-refractivity contribution in [3.63, 3.8) is 0 Å². The van der Waals surface area contributed by atoms with Crippen LogP contribution in [0, 0.1) is 0 Å². The molecule has 1 aliphatic rings. The van der Waals surface area contributed by atoms with E-state index in [1.165, 1.54) is 11.1 Å². The first-order chi connectivity index (χ1) is 6.42. The van der Waals surface area contributed by atoms with Gasteiger partial charge in [-0.05, 0) is 23.9 Å². The van der Waals surface area contributed by atoms with Gasteiger partial charge in [0.1, 0.15) is 5.82 Å². The van der Waals surface area contributed by atoms with Crippen molar-refractivity contribution in [1.29, 1.82) is 0 Å². The van der Waals surface area contributed by atoms with Crippen molar-refractivity contribution in [1.82, 2.24) is 4.98 Å². The van der Waals surface area contributed by atoms with Gasteiger partial charge in [0.15, 0.2) is 0 Å². The second-order valence-corrected chi connectivity index (χ2v) is 2.97. The molecule has 3 nitrogen and oxygen atoms in total. The average molecular weight is 191 g/mol. The summed E-state index contributed by atoms with van der Waals surface area (Å²) >= 11 is 4.53. The lowest BCUT2D eigenvalue weighted by atomic mass is 10.1. The third kappa shape index (κ3) is 1.54. The van der Waals surface area contributed by atoms with Crippen LogP contribution in [-0.4, -0.2) is 23.2 Å². The highest BCUT2D eigenvalue weighted by Gasteiger charge is 2.11. The van der Waals surface area contributed by atoms with E-state index < -0.39 is 0 Å². The number of isothiocyanates is 1. The minimum atomic E-state index is 0.621. The minimum absolute atomic E-state index is 0.621. The van der Waals surface area contributed by atoms with Crippen LogP contribution in [-0.2, 0) is 0 Å². The Morgan fingerprint density at radius 3 is 3.38 bits per heavy atom. The van der Waals surface area contributed by atoms with Gasteiger partial charge in [0.25, 0.3) is 0 Å². The van der Waals surface area contributed by atoms with E-state index in [-0.39, 0.29) is 0 Å². The van der Waals surface area contributed by atoms with Crippen molar-refractivity contribution in [2.75, 3.05) is 18.4 Å². The molecule has 0 amide bonds. The number of anilines is 1. The van der Waals surface area contributed by atoms with E-state index in [9.17, 15) is 0 Å². The van der Waals surface area contributed by atoms with Gasteiger partial charge in [-0.3, -0.25) is 0 Å². The monoisotopic (exact) mass is 191 g/mol. The van der Waals surface area contributed by atoms with E-state index in [0.29, 0.717) is 6.54 Å². The highest BCUT2D eigenvalue weighted by Crippen LogP contribution is 2.25. The molecule has 1 aliphatic heterocycles. The molecule has 0 unspecified atom stereocenters. The van der Waals surface area contributed by atoms with Gasteiger partial charge < -0.3 is 10.3 Å². The zero-order valence-corrected chi connectivity index (χ0v) is 7.82. The molecule has 0 aliphatic carbocycles. The first-order valence-electron chi connectivity index (χ1n) is 4.06. The Bertz CT molecular complexity index is 385. The summed E-state index contributed by atoms with van der Waals surface area (Å²) in [6, 6.07) is 2.03. The molecule has 66 valence electrons. The molecule has 0 bridgehead atoms. The SMILES string of the molecule is S=C=NCC1=CCNc2[nH]ccc21. The van der Waals surface area contributed by atoms with E-state index in [1.807, 2.05) is 12.3 Å². The lowest BCUT2D eigenvalue weighted by molar-refractivity contribution is 1.19. The number of nitrogens with zero attached hydrogens (tertiary/aromatic N) is 1. The predicted octanol–water partition coefficient (Wildman–Crippen LogP) is 1.93. The number of hydrogen-bond acceptors (Lipinski definition) is 3. The molecule has 0 fully saturated rings. The van der Waals surface area contributed by atoms with E-state index in [4.69, 9.17) is 0 Å². The van der Waals surface area contributed by atoms with Gasteiger partial charge in [-0.15, -0.1) is 0 Å². The zero-order valence-electron chi connectivity index (χ0n) is 7.00. The Kier molecular flexibility index (Phi) is 2.25. The topological polar surface area (TPSA) is 40.2 Å². The Balaban J connectivity index is 2.29. The van der Waals surface area contributed by atoms with Crippen molar-refractivity contribution < 1.29 is 0 Å². The third-order valence-electron chi connectivity index (χ3n) is 2.03. The van der Waals surface area contributed by atoms with Crippen LogP contribution in [0.25, 0.3) is 5.57 Å². The lowest BCUT2D eigenvalue weighted by Crippen LogP contribution is -2.08. The maximum Gasteiger partial charge on any atom is 0.111 e. The number of aliphatic imine (C=N–C) groups is 1. The Hall–Kier alpha value is -1.38. The number of nitrogens with one attached hydrogen (secondary N) is 2. The lowest BCUT2D eigenvalue weighted by Gasteiger charge is -2.13. The zero-order chi connectivity index (χ0) is 9.10. The summed E-state index contributed by atoms with van der Waals surface area (Å²) in [7, 11) is 0. The number of thiocarbonyl (C=S) groups is 1. The normalized spacial score (nSPS) is 13.7. The Morgan fingerprint density at radius 2 is 2.54 bits per heavy atom. The molecule has 13 heavy (non-hydrogen) atoms. The summed E-state index contributed by atoms with van der Waals surface area (Å²) in [6.07, 6.45) is 4.03. The third-order valence-corrected chi connectivity index (χ3v) is 2.16. The van der Waals surface area contributed by atoms with Gasteiger partial charge in [-0.1, -0.05) is 6.08 Å². The van der Waals surface area contributed by atoms with Crippen LogP contribution in [0.1, 0.15) is 5.56 Å². The van der Waals surface area contributed by atoms with Crippen LogP contribution in [0.3, 0.4) is 0 Å². The van der Waals surface area contributed by atoms with Crippen molar-refractivity contribution in [3.05, 3.63) is 23.9 Å². The summed E-state index contributed by atoms with van der Waals surface area (Å²) in [5, 5.41) is 5.60. The van der Waals surface area contributed by atoms with E-state index in [2.05, 4.69) is 38.7 Å². The second-order valence-electron chi connectivity index (χ2n) is 2.78. The first kappa shape index (κ1) is 8.23. The number of aromatic amines is 1. The molecule has 2 heterocycles. The summed E-state index contributed by atoms with van der Waals surface area (Å²) < 4.78 is 0. The Morgan fingerprint density at radius 1 is 1.62 bits per heavy atom. The van der Waals surface area contributed by atoms with Gasteiger partial charge >= 0.3 is 0 Å². The molecule has 2 rings (SSSR count). The van der Waals surface area contributed by atoms with E-state index in [0.717, 1.165) is 12.4 Å². The predicted molar refractivity (Wildman–Crippen MR) is 57.2 cm³/mol. The largest absolute Gasteiger partial charge is 0.368 e. The van der Waals surface area contributed by atoms with Crippen LogP contribution in [0.15, 0.2) is 23.3 Å². The standard InChI is InChI=1S/C9H9N3S/c13-6-10-5-7-1-3-11-9-8(7)2-4-12-9/h1-2,4,11-12H,3,5H2. The maximum atomic E-state index is 4.53. The van der Waals surface area contributed by atoms with Gasteiger partial charge in [0.2, 0.25) is 0 Å². The average Bonchev–Trinajstić information content (AvgIpc) is 2.62. The molecule has 0 aromatic carbocycles. The highest BCUT2D eigenvalue weighted by molar-refractivity contribution is 7.78. The number of fused-ring (bicyclic) bond motifs is 1. The van der Waals surface area contributed by atoms with Crippen molar-refractivity contribution in [3.8, 4) is 0 Å². The highest BCUT2D eigenvalue weighted by atomic mass is 32.1. The van der Waals surface area contributed by atoms with Crippen molar-refractivity contribution >= 4 is 28.8 Å². The fraction of sp³-hybridized carbons (Fsp3) is 0.222. The maximum absolute atomic E-state index is 4.53. The quantitative estimate of drug-likeness (QED) is 0.554. The van der Waals surface area contributed by atoms with Gasteiger partial charge in [0, 0.05) is 18.3 Å². The molecule has 4 heteroatoms. The summed E-state index contributed by atoms with van der Waals surface area (Å²) in [4.78, 5) is 7.05. The summed E-state index contributed by atoms with van der Waals surface area (Å²) in [5.74, 6) is 1.07. The molecular weight excluding hydrogens is 182 g/mol. The van der Waals surface area contributed by atoms with Crippen LogP contribution in [0.5, 0.6) is 0 Å². The molecule has 0 radical (unpaired) electrons. The molecular formula is C9H9N3S. The van der Waals surface area contributed by atoms with Gasteiger partial charge in [0.05, 0.1) is 11.7 Å². The molecule has 1 aromatic heterocycles. The van der Waals surface area contributed by atoms with Crippen molar-refractivity contribution in [2.45, 2.75) is 0 Å². The fourth-order valence-corrected chi connectivity index (χ4v) is 1.50. The van der Waals surface area contributed by atoms with Gasteiger partial charge in [-0.25, -0.2) is 4.99 Å². The van der Waals surface area contributed by atoms with Crippen molar-refractivity contribution in [2.24, 2.45) is 4.99 Å². The Labute approximate surface area is 81.6 Å². The molecule has 0 saturated heterocycles. The number of hydrogen-bond donors (Lipinski definition) is 2. The molecule has 2 N–H and O–H groups in total. The fourth-order valence-electron chi connectivity index (χ4n) is 1.44. The minimum Gasteiger partial charge on any atom is -0.368 e. The second kappa shape index (κ2) is 3.56. The molecule has 0 saturated carbocycles. The summed E-state index contributed by atoms with van der Waals surface area (Å²) in [5.41, 5.74) is 2.38. The molecule has 0 atom stereocenters. The van der Waals surface area contributed by atoms with Gasteiger partial charge in [-0.2, -0.15) is 0 Å². The number of aromatic nitrogens is 1.